The van der Waals surface area contributed by atoms with Crippen molar-refractivity contribution in [1.82, 2.24) is 19.9 Å². The fourth-order valence-electron chi connectivity index (χ4n) is 3.18. The molecule has 0 unspecified atom stereocenters. The summed E-state index contributed by atoms with van der Waals surface area (Å²) in [5.74, 6) is 0.115. The van der Waals surface area contributed by atoms with Crippen LogP contribution in [-0.4, -0.2) is 26.3 Å². The van der Waals surface area contributed by atoms with E-state index < -0.39 is 0 Å². The van der Waals surface area contributed by atoms with Gasteiger partial charge < -0.3 is 5.32 Å². The number of ketones is 1. The molecule has 0 saturated carbocycles. The summed E-state index contributed by atoms with van der Waals surface area (Å²) in [7, 11) is 0. The van der Waals surface area contributed by atoms with Gasteiger partial charge in [0.05, 0.1) is 12.1 Å². The maximum Gasteiger partial charge on any atom is 0.252 e. The Bertz CT molecular complexity index is 1230. The SMILES string of the molecule is Cc1ccc(C(=O)c2ccccc2C(=O)NCc2nnc3ccccn23)cc1C. The van der Waals surface area contributed by atoms with E-state index in [1.807, 2.05) is 54.8 Å². The number of aromatic nitrogens is 3. The van der Waals surface area contributed by atoms with Crippen LogP contribution in [0.3, 0.4) is 0 Å². The smallest absolute Gasteiger partial charge is 0.252 e. The number of hydrogen-bond acceptors (Lipinski definition) is 4. The standard InChI is InChI=1S/C23H20N4O2/c1-15-10-11-17(13-16(15)2)22(28)18-7-3-4-8-19(18)23(29)24-14-21-26-25-20-9-5-6-12-27(20)21/h3-13H,14H2,1-2H3,(H,24,29). The summed E-state index contributed by atoms with van der Waals surface area (Å²) in [6, 6.07) is 18.0. The van der Waals surface area contributed by atoms with Crippen LogP contribution in [0.25, 0.3) is 5.65 Å². The number of benzene rings is 2. The summed E-state index contributed by atoms with van der Waals surface area (Å²) in [4.78, 5) is 25.9. The van der Waals surface area contributed by atoms with E-state index in [-0.39, 0.29) is 18.2 Å². The lowest BCUT2D eigenvalue weighted by atomic mass is 9.95. The van der Waals surface area contributed by atoms with Crippen molar-refractivity contribution in [2.75, 3.05) is 0 Å². The van der Waals surface area contributed by atoms with Crippen LogP contribution in [0.5, 0.6) is 0 Å². The minimum absolute atomic E-state index is 0.174. The molecule has 6 heteroatoms. The van der Waals surface area contributed by atoms with Crippen molar-refractivity contribution in [3.05, 3.63) is 101 Å². The van der Waals surface area contributed by atoms with E-state index >= 15 is 0 Å². The van der Waals surface area contributed by atoms with Crippen molar-refractivity contribution in [1.29, 1.82) is 0 Å². The molecule has 1 N–H and O–H groups in total. The molecule has 2 aromatic heterocycles. The number of aryl methyl sites for hydroxylation is 2. The molecular formula is C23H20N4O2. The minimum atomic E-state index is -0.328. The third-order valence-electron chi connectivity index (χ3n) is 4.98. The highest BCUT2D eigenvalue weighted by Gasteiger charge is 2.19. The summed E-state index contributed by atoms with van der Waals surface area (Å²) < 4.78 is 1.81. The molecule has 144 valence electrons. The number of nitrogens with zero attached hydrogens (tertiary/aromatic N) is 3. The van der Waals surface area contributed by atoms with Gasteiger partial charge in [0, 0.05) is 17.3 Å². The van der Waals surface area contributed by atoms with Crippen LogP contribution >= 0.6 is 0 Å². The van der Waals surface area contributed by atoms with Crippen molar-refractivity contribution < 1.29 is 9.59 Å². The van der Waals surface area contributed by atoms with Gasteiger partial charge in [0.2, 0.25) is 0 Å². The van der Waals surface area contributed by atoms with Gasteiger partial charge in [0.1, 0.15) is 0 Å². The van der Waals surface area contributed by atoms with Gasteiger partial charge >= 0.3 is 0 Å². The number of pyridine rings is 1. The molecule has 1 amide bonds. The topological polar surface area (TPSA) is 76.4 Å². The van der Waals surface area contributed by atoms with Crippen LogP contribution < -0.4 is 5.32 Å². The van der Waals surface area contributed by atoms with E-state index in [1.165, 1.54) is 0 Å². The zero-order valence-electron chi connectivity index (χ0n) is 16.2. The Morgan fingerprint density at radius 2 is 1.66 bits per heavy atom. The van der Waals surface area contributed by atoms with Gasteiger partial charge in [0.25, 0.3) is 5.91 Å². The van der Waals surface area contributed by atoms with Crippen LogP contribution in [0.1, 0.15) is 43.2 Å². The molecule has 0 aliphatic rings. The molecule has 0 radical (unpaired) electrons. The van der Waals surface area contributed by atoms with E-state index in [4.69, 9.17) is 0 Å². The number of carbonyl (C=O) groups is 2. The number of rotatable bonds is 5. The Balaban J connectivity index is 1.58. The fraction of sp³-hybridized carbons (Fsp3) is 0.130. The van der Waals surface area contributed by atoms with Crippen molar-refractivity contribution in [3.63, 3.8) is 0 Å². The normalized spacial score (nSPS) is 10.8. The molecule has 0 bridgehead atoms. The molecule has 0 atom stereocenters. The van der Waals surface area contributed by atoms with Crippen molar-refractivity contribution in [3.8, 4) is 0 Å². The number of nitrogens with one attached hydrogen (secondary N) is 1. The van der Waals surface area contributed by atoms with Gasteiger partial charge in [-0.15, -0.1) is 10.2 Å². The summed E-state index contributed by atoms with van der Waals surface area (Å²) in [5, 5.41) is 11.0. The number of carbonyl (C=O) groups excluding carboxylic acids is 2. The second-order valence-corrected chi connectivity index (χ2v) is 6.90. The minimum Gasteiger partial charge on any atom is -0.345 e. The Kier molecular flexibility index (Phi) is 4.91. The first-order valence-corrected chi connectivity index (χ1v) is 9.32. The summed E-state index contributed by atoms with van der Waals surface area (Å²) in [5.41, 5.74) is 4.15. The average Bonchev–Trinajstić information content (AvgIpc) is 3.16. The van der Waals surface area contributed by atoms with Gasteiger partial charge in [-0.2, -0.15) is 0 Å². The quantitative estimate of drug-likeness (QED) is 0.534. The lowest BCUT2D eigenvalue weighted by molar-refractivity contribution is 0.0938. The molecule has 0 spiro atoms. The lowest BCUT2D eigenvalue weighted by Gasteiger charge is -2.10. The molecule has 4 aromatic rings. The lowest BCUT2D eigenvalue weighted by Crippen LogP contribution is -2.26. The molecule has 6 nitrogen and oxygen atoms in total. The third kappa shape index (κ3) is 3.65. The van der Waals surface area contributed by atoms with E-state index in [0.717, 1.165) is 11.1 Å². The molecule has 29 heavy (non-hydrogen) atoms. The summed E-state index contributed by atoms with van der Waals surface area (Å²) >= 11 is 0. The van der Waals surface area contributed by atoms with Crippen LogP contribution in [0, 0.1) is 13.8 Å². The molecule has 0 fully saturated rings. The molecule has 0 aliphatic carbocycles. The third-order valence-corrected chi connectivity index (χ3v) is 4.98. The first kappa shape index (κ1) is 18.6. The largest absolute Gasteiger partial charge is 0.345 e. The number of hydrogen-bond donors (Lipinski definition) is 1. The van der Waals surface area contributed by atoms with E-state index in [0.29, 0.717) is 28.2 Å². The van der Waals surface area contributed by atoms with E-state index in [2.05, 4.69) is 15.5 Å². The average molecular weight is 384 g/mol. The first-order valence-electron chi connectivity index (χ1n) is 9.32. The maximum atomic E-state index is 13.0. The highest BCUT2D eigenvalue weighted by atomic mass is 16.2. The number of fused-ring (bicyclic) bond motifs is 1. The molecule has 0 aliphatic heterocycles. The first-order chi connectivity index (χ1) is 14.0. The Labute approximate surface area is 168 Å². The summed E-state index contributed by atoms with van der Waals surface area (Å²) in [6.45, 7) is 4.17. The Morgan fingerprint density at radius 1 is 0.897 bits per heavy atom. The van der Waals surface area contributed by atoms with Gasteiger partial charge in [-0.3, -0.25) is 14.0 Å². The maximum absolute atomic E-state index is 13.0. The molecule has 2 heterocycles. The monoisotopic (exact) mass is 384 g/mol. The van der Waals surface area contributed by atoms with Gasteiger partial charge in [-0.25, -0.2) is 0 Å². The molecular weight excluding hydrogens is 364 g/mol. The van der Waals surface area contributed by atoms with Crippen LogP contribution in [0.15, 0.2) is 66.9 Å². The summed E-state index contributed by atoms with van der Waals surface area (Å²) in [6.07, 6.45) is 1.84. The Morgan fingerprint density at radius 3 is 2.45 bits per heavy atom. The zero-order chi connectivity index (χ0) is 20.4. The van der Waals surface area contributed by atoms with Gasteiger partial charge in [0.15, 0.2) is 17.3 Å². The van der Waals surface area contributed by atoms with Gasteiger partial charge in [-0.1, -0.05) is 36.4 Å². The van der Waals surface area contributed by atoms with Crippen molar-refractivity contribution in [2.45, 2.75) is 20.4 Å². The van der Waals surface area contributed by atoms with Crippen LogP contribution in [0.4, 0.5) is 0 Å². The molecule has 2 aromatic carbocycles. The van der Waals surface area contributed by atoms with Crippen LogP contribution in [0.2, 0.25) is 0 Å². The molecule has 4 rings (SSSR count). The van der Waals surface area contributed by atoms with Crippen molar-refractivity contribution in [2.24, 2.45) is 0 Å². The predicted octanol–water partition coefficient (Wildman–Crippen LogP) is 3.51. The highest BCUT2D eigenvalue weighted by molar-refractivity contribution is 6.15. The van der Waals surface area contributed by atoms with E-state index in [9.17, 15) is 9.59 Å². The highest BCUT2D eigenvalue weighted by Crippen LogP contribution is 2.18. The second-order valence-electron chi connectivity index (χ2n) is 6.90. The fourth-order valence-corrected chi connectivity index (χ4v) is 3.18. The zero-order valence-corrected chi connectivity index (χ0v) is 16.2. The Hall–Kier alpha value is -3.80. The predicted molar refractivity (Wildman–Crippen MR) is 110 cm³/mol. The number of amides is 1. The van der Waals surface area contributed by atoms with E-state index in [1.54, 1.807) is 30.3 Å². The van der Waals surface area contributed by atoms with Crippen molar-refractivity contribution >= 4 is 17.3 Å². The van der Waals surface area contributed by atoms with Crippen LogP contribution in [-0.2, 0) is 6.54 Å². The molecule has 0 saturated heterocycles. The second kappa shape index (κ2) is 7.67. The van der Waals surface area contributed by atoms with Gasteiger partial charge in [-0.05, 0) is 49.2 Å².